The molecule has 4 aromatic rings. The fraction of sp³-hybridized carbons (Fsp3) is 0.346. The van der Waals surface area contributed by atoms with Gasteiger partial charge in [0.25, 0.3) is 5.56 Å². The molecule has 0 aliphatic carbocycles. The molecule has 0 aliphatic heterocycles. The Labute approximate surface area is 202 Å². The number of unbranched alkanes of at least 4 members (excludes halogenated alkanes) is 3. The second-order valence-electron chi connectivity index (χ2n) is 7.82. The van der Waals surface area contributed by atoms with Crippen LogP contribution in [0.2, 0.25) is 0 Å². The van der Waals surface area contributed by atoms with E-state index in [0.717, 1.165) is 29.9 Å². The largest absolute Gasteiger partial charge is 0.494 e. The normalized spacial score (nSPS) is 11.8. The Morgan fingerprint density at radius 1 is 1.00 bits per heavy atom. The number of hydrogen-bond donors (Lipinski definition) is 0. The van der Waals surface area contributed by atoms with Crippen LogP contribution in [0.1, 0.15) is 45.1 Å². The van der Waals surface area contributed by atoms with Crippen LogP contribution in [0.15, 0.2) is 47.3 Å². The molecule has 2 aromatic heterocycles. The molecular weight excluding hydrogens is 450 g/mol. The Hall–Kier alpha value is -3.39. The number of fused-ring (bicyclic) bond motifs is 1. The van der Waals surface area contributed by atoms with E-state index in [4.69, 9.17) is 14.2 Å². The summed E-state index contributed by atoms with van der Waals surface area (Å²) in [6.07, 6.45) is 6.51. The van der Waals surface area contributed by atoms with Crippen LogP contribution in [0.3, 0.4) is 0 Å². The third-order valence-corrected chi connectivity index (χ3v) is 6.31. The van der Waals surface area contributed by atoms with Crippen molar-refractivity contribution in [3.63, 3.8) is 0 Å². The number of nitrogens with zero attached hydrogens (tertiary/aromatic N) is 3. The molecule has 4 rings (SSSR count). The van der Waals surface area contributed by atoms with Gasteiger partial charge in [0, 0.05) is 5.56 Å². The third kappa shape index (κ3) is 5.39. The molecule has 0 fully saturated rings. The molecule has 0 spiro atoms. The number of methoxy groups -OCH3 is 1. The Kier molecular flexibility index (Phi) is 7.80. The van der Waals surface area contributed by atoms with E-state index in [-0.39, 0.29) is 5.56 Å². The summed E-state index contributed by atoms with van der Waals surface area (Å²) in [5.74, 6) is 2.64. The van der Waals surface area contributed by atoms with Gasteiger partial charge in [0.15, 0.2) is 17.3 Å². The van der Waals surface area contributed by atoms with Gasteiger partial charge in [0.1, 0.15) is 5.75 Å². The number of rotatable bonds is 11. The zero-order chi connectivity index (χ0) is 23.9. The first kappa shape index (κ1) is 23.8. The van der Waals surface area contributed by atoms with Crippen molar-refractivity contribution >= 4 is 22.4 Å². The van der Waals surface area contributed by atoms with Gasteiger partial charge in [0.05, 0.1) is 24.9 Å². The fourth-order valence-electron chi connectivity index (χ4n) is 3.58. The predicted molar refractivity (Wildman–Crippen MR) is 135 cm³/mol. The Morgan fingerprint density at radius 2 is 1.82 bits per heavy atom. The minimum absolute atomic E-state index is 0.196. The summed E-state index contributed by atoms with van der Waals surface area (Å²) in [5.41, 5.74) is 1.49. The highest BCUT2D eigenvalue weighted by Crippen LogP contribution is 2.28. The lowest BCUT2D eigenvalue weighted by atomic mass is 10.2. The van der Waals surface area contributed by atoms with Gasteiger partial charge in [-0.05, 0) is 61.4 Å². The molecular formula is C26H29N3O4S. The summed E-state index contributed by atoms with van der Waals surface area (Å²) < 4.78 is 18.7. The van der Waals surface area contributed by atoms with Crippen LogP contribution < -0.4 is 24.3 Å². The SMILES string of the molecule is CCCCCCOc1ccc(-c2nc3s/c(=C\c4ccc(OCC)c(OC)c4)c(=O)n3n2)cc1. The summed E-state index contributed by atoms with van der Waals surface area (Å²) in [6, 6.07) is 13.3. The first-order valence-electron chi connectivity index (χ1n) is 11.6. The minimum Gasteiger partial charge on any atom is -0.494 e. The van der Waals surface area contributed by atoms with Gasteiger partial charge in [-0.2, -0.15) is 9.50 Å². The van der Waals surface area contributed by atoms with E-state index < -0.39 is 0 Å². The van der Waals surface area contributed by atoms with Crippen LogP contribution >= 0.6 is 11.3 Å². The summed E-state index contributed by atoms with van der Waals surface area (Å²) in [4.78, 5) is 18.0. The lowest BCUT2D eigenvalue weighted by Crippen LogP contribution is -2.23. The second kappa shape index (κ2) is 11.2. The average Bonchev–Trinajstić information content (AvgIpc) is 3.39. The number of aromatic nitrogens is 3. The molecule has 34 heavy (non-hydrogen) atoms. The van der Waals surface area contributed by atoms with Crippen molar-refractivity contribution in [3.05, 3.63) is 62.9 Å². The van der Waals surface area contributed by atoms with Crippen LogP contribution in [-0.2, 0) is 0 Å². The van der Waals surface area contributed by atoms with Crippen molar-refractivity contribution < 1.29 is 14.2 Å². The van der Waals surface area contributed by atoms with Gasteiger partial charge in [-0.25, -0.2) is 0 Å². The molecule has 0 atom stereocenters. The molecule has 2 aromatic carbocycles. The number of ether oxygens (including phenoxy) is 3. The van der Waals surface area contributed by atoms with Crippen LogP contribution in [0.5, 0.6) is 17.2 Å². The smallest absolute Gasteiger partial charge is 0.291 e. The van der Waals surface area contributed by atoms with Gasteiger partial charge in [-0.1, -0.05) is 43.6 Å². The first-order chi connectivity index (χ1) is 16.6. The summed E-state index contributed by atoms with van der Waals surface area (Å²) >= 11 is 1.31. The summed E-state index contributed by atoms with van der Waals surface area (Å²) in [7, 11) is 1.59. The lowest BCUT2D eigenvalue weighted by Gasteiger charge is -2.09. The molecule has 0 unspecified atom stereocenters. The highest BCUT2D eigenvalue weighted by atomic mass is 32.1. The maximum absolute atomic E-state index is 12.9. The van der Waals surface area contributed by atoms with Crippen molar-refractivity contribution in [2.75, 3.05) is 20.3 Å². The van der Waals surface area contributed by atoms with Crippen LogP contribution in [-0.4, -0.2) is 34.9 Å². The van der Waals surface area contributed by atoms with E-state index in [0.29, 0.717) is 33.4 Å². The lowest BCUT2D eigenvalue weighted by molar-refractivity contribution is 0.305. The molecule has 8 heteroatoms. The predicted octanol–water partition coefficient (Wildman–Crippen LogP) is 4.73. The molecule has 7 nitrogen and oxygen atoms in total. The van der Waals surface area contributed by atoms with E-state index >= 15 is 0 Å². The zero-order valence-electron chi connectivity index (χ0n) is 19.7. The minimum atomic E-state index is -0.196. The molecule has 0 saturated heterocycles. The number of hydrogen-bond acceptors (Lipinski definition) is 7. The highest BCUT2D eigenvalue weighted by molar-refractivity contribution is 7.15. The zero-order valence-corrected chi connectivity index (χ0v) is 20.6. The molecule has 178 valence electrons. The fourth-order valence-corrected chi connectivity index (χ4v) is 4.48. The topological polar surface area (TPSA) is 75.0 Å². The maximum Gasteiger partial charge on any atom is 0.291 e. The quantitative estimate of drug-likeness (QED) is 0.290. The van der Waals surface area contributed by atoms with Gasteiger partial charge >= 0.3 is 0 Å². The third-order valence-electron chi connectivity index (χ3n) is 5.35. The number of benzene rings is 2. The number of thiazole rings is 1. The molecule has 0 amide bonds. The Balaban J connectivity index is 1.52. The van der Waals surface area contributed by atoms with Gasteiger partial charge < -0.3 is 14.2 Å². The van der Waals surface area contributed by atoms with Gasteiger partial charge in [0.2, 0.25) is 4.96 Å². The van der Waals surface area contributed by atoms with E-state index in [1.165, 1.54) is 35.1 Å². The van der Waals surface area contributed by atoms with Crippen molar-refractivity contribution in [1.29, 1.82) is 0 Å². The van der Waals surface area contributed by atoms with Crippen molar-refractivity contribution in [2.24, 2.45) is 0 Å². The van der Waals surface area contributed by atoms with Crippen molar-refractivity contribution in [2.45, 2.75) is 39.5 Å². The maximum atomic E-state index is 12.9. The molecule has 0 aliphatic rings. The van der Waals surface area contributed by atoms with Crippen molar-refractivity contribution in [3.8, 4) is 28.6 Å². The summed E-state index contributed by atoms with van der Waals surface area (Å²) in [5, 5.41) is 4.44. The monoisotopic (exact) mass is 479 g/mol. The summed E-state index contributed by atoms with van der Waals surface area (Å²) in [6.45, 7) is 5.39. The van der Waals surface area contributed by atoms with Crippen LogP contribution in [0, 0.1) is 0 Å². The van der Waals surface area contributed by atoms with E-state index in [1.807, 2.05) is 55.5 Å². The molecule has 0 N–H and O–H groups in total. The van der Waals surface area contributed by atoms with Crippen LogP contribution in [0.25, 0.3) is 22.4 Å². The van der Waals surface area contributed by atoms with Gasteiger partial charge in [-0.3, -0.25) is 4.79 Å². The second-order valence-corrected chi connectivity index (χ2v) is 8.83. The molecule has 0 bridgehead atoms. The molecule has 0 saturated carbocycles. The highest BCUT2D eigenvalue weighted by Gasteiger charge is 2.13. The molecule has 0 radical (unpaired) electrons. The van der Waals surface area contributed by atoms with Crippen molar-refractivity contribution in [1.82, 2.24) is 14.6 Å². The average molecular weight is 480 g/mol. The van der Waals surface area contributed by atoms with Gasteiger partial charge in [-0.15, -0.1) is 5.10 Å². The van der Waals surface area contributed by atoms with Crippen LogP contribution in [0.4, 0.5) is 0 Å². The molecule has 2 heterocycles. The first-order valence-corrected chi connectivity index (χ1v) is 12.4. The standard InChI is InChI=1S/C26H29N3O4S/c1-4-6-7-8-15-33-20-12-10-19(11-13-20)24-27-26-29(28-24)25(30)23(34-26)17-18-9-14-21(32-5-2)22(16-18)31-3/h9-14,16-17H,4-8,15H2,1-3H3/b23-17-. The Bertz CT molecular complexity index is 1350. The van der Waals surface area contributed by atoms with E-state index in [9.17, 15) is 4.79 Å². The van der Waals surface area contributed by atoms with E-state index in [1.54, 1.807) is 7.11 Å². The van der Waals surface area contributed by atoms with E-state index in [2.05, 4.69) is 17.0 Å². The Morgan fingerprint density at radius 3 is 2.53 bits per heavy atom.